The molecule has 0 aliphatic carbocycles. The molecule has 1 atom stereocenters. The normalized spacial score (nSPS) is 17.4. The third-order valence-corrected chi connectivity index (χ3v) is 5.91. The number of urea groups is 1. The van der Waals surface area contributed by atoms with Gasteiger partial charge in [0.15, 0.2) is 17.4 Å². The molecule has 1 unspecified atom stereocenters. The second-order valence-electron chi connectivity index (χ2n) is 8.43. The molecular weight excluding hydrogens is 479 g/mol. The lowest BCUT2D eigenvalue weighted by molar-refractivity contribution is 0.0256. The lowest BCUT2D eigenvalue weighted by Crippen LogP contribution is -2.58. The van der Waals surface area contributed by atoms with E-state index in [2.05, 4.69) is 15.2 Å². The van der Waals surface area contributed by atoms with E-state index in [1.54, 1.807) is 6.92 Å². The van der Waals surface area contributed by atoms with E-state index >= 15 is 0 Å². The maximum absolute atomic E-state index is 14.4. The highest BCUT2D eigenvalue weighted by Gasteiger charge is 2.39. The van der Waals surface area contributed by atoms with Gasteiger partial charge in [-0.05, 0) is 24.6 Å². The molecule has 13 heteroatoms. The van der Waals surface area contributed by atoms with Gasteiger partial charge >= 0.3 is 6.03 Å². The average molecular weight is 499 g/mol. The van der Waals surface area contributed by atoms with Crippen molar-refractivity contribution in [3.63, 3.8) is 0 Å². The number of ether oxygens (including phenoxy) is 1. The van der Waals surface area contributed by atoms with Crippen LogP contribution in [0, 0.1) is 24.4 Å². The maximum Gasteiger partial charge on any atom is 0.341 e. The molecule has 1 aromatic carbocycles. The molecule has 3 aromatic rings. The summed E-state index contributed by atoms with van der Waals surface area (Å²) in [5.41, 5.74) is 6.22. The van der Waals surface area contributed by atoms with Gasteiger partial charge in [0.05, 0.1) is 36.6 Å². The highest BCUT2D eigenvalue weighted by molar-refractivity contribution is 5.93. The predicted octanol–water partition coefficient (Wildman–Crippen LogP) is 2.71. The first kappa shape index (κ1) is 23.3. The summed E-state index contributed by atoms with van der Waals surface area (Å²) in [6.45, 7) is 1.91. The zero-order valence-electron chi connectivity index (χ0n) is 18.9. The van der Waals surface area contributed by atoms with Gasteiger partial charge < -0.3 is 15.4 Å². The quantitative estimate of drug-likeness (QED) is 0.579. The van der Waals surface area contributed by atoms with Gasteiger partial charge in [-0.3, -0.25) is 4.79 Å². The number of pyridine rings is 1. The Morgan fingerprint density at radius 1 is 1.11 bits per heavy atom. The molecule has 0 radical (unpaired) electrons. The van der Waals surface area contributed by atoms with E-state index < -0.39 is 41.5 Å². The number of nitrogens with two attached hydrogens (primary N) is 1. The zero-order valence-corrected chi connectivity index (χ0v) is 18.9. The number of nitrogens with zero attached hydrogens (tertiary/aromatic N) is 6. The van der Waals surface area contributed by atoms with Gasteiger partial charge in [-0.15, -0.1) is 0 Å². The summed E-state index contributed by atoms with van der Waals surface area (Å²) in [6.07, 6.45) is 3.68. The van der Waals surface area contributed by atoms with Crippen molar-refractivity contribution in [2.24, 2.45) is 10.8 Å². The SMILES string of the molecule is Cc1nn(-c2cc(OC3CN(C(=O)N4N=CCC4c4cc(F)cc(F)c4)C3)c(F)cn2)cc1C(N)=O. The molecule has 1 fully saturated rings. The molecule has 0 spiro atoms. The molecule has 5 rings (SSSR count). The van der Waals surface area contributed by atoms with Gasteiger partial charge in [0.25, 0.3) is 5.91 Å². The molecule has 0 bridgehead atoms. The molecule has 4 heterocycles. The minimum absolute atomic E-state index is 0.0989. The summed E-state index contributed by atoms with van der Waals surface area (Å²) in [7, 11) is 0. The highest BCUT2D eigenvalue weighted by atomic mass is 19.1. The Hall–Kier alpha value is -4.42. The number of rotatable bonds is 5. The lowest BCUT2D eigenvalue weighted by Gasteiger charge is -2.41. The second kappa shape index (κ2) is 8.98. The van der Waals surface area contributed by atoms with Crippen molar-refractivity contribution in [1.82, 2.24) is 24.7 Å². The number of halogens is 3. The van der Waals surface area contributed by atoms with Crippen LogP contribution in [0.25, 0.3) is 5.82 Å². The number of amides is 3. The number of aryl methyl sites for hydroxylation is 1. The van der Waals surface area contributed by atoms with Crippen LogP contribution < -0.4 is 10.5 Å². The van der Waals surface area contributed by atoms with Crippen LogP contribution in [0.15, 0.2) is 41.8 Å². The van der Waals surface area contributed by atoms with Crippen LogP contribution in [0.5, 0.6) is 5.75 Å². The first-order chi connectivity index (χ1) is 17.2. The predicted molar refractivity (Wildman–Crippen MR) is 120 cm³/mol. The summed E-state index contributed by atoms with van der Waals surface area (Å²) in [5.74, 6) is -2.72. The van der Waals surface area contributed by atoms with Crippen molar-refractivity contribution in [1.29, 1.82) is 0 Å². The van der Waals surface area contributed by atoms with E-state index in [-0.39, 0.29) is 30.2 Å². The van der Waals surface area contributed by atoms with Crippen LogP contribution in [0.3, 0.4) is 0 Å². The van der Waals surface area contributed by atoms with E-state index in [9.17, 15) is 22.8 Å². The molecule has 2 aliphatic heterocycles. The van der Waals surface area contributed by atoms with Gasteiger partial charge in [-0.25, -0.2) is 32.6 Å². The van der Waals surface area contributed by atoms with E-state index in [1.807, 2.05) is 0 Å². The standard InChI is InChI=1S/C23H20F3N7O3/c1-12-17(22(27)34)11-32(30-12)21-7-20(18(26)8-28-21)36-16-9-31(10-16)23(35)33-19(2-3-29-33)13-4-14(24)6-15(25)5-13/h3-8,11,16,19H,2,9-10H2,1H3,(H2,27,34). The van der Waals surface area contributed by atoms with E-state index in [1.165, 1.54) is 45.2 Å². The van der Waals surface area contributed by atoms with Crippen LogP contribution in [0.2, 0.25) is 0 Å². The van der Waals surface area contributed by atoms with Gasteiger partial charge in [0.1, 0.15) is 17.7 Å². The fraction of sp³-hybridized carbons (Fsp3) is 0.261. The Labute approximate surface area is 202 Å². The molecule has 1 saturated heterocycles. The largest absolute Gasteiger partial charge is 0.483 e. The van der Waals surface area contributed by atoms with Crippen LogP contribution in [-0.2, 0) is 0 Å². The number of aromatic nitrogens is 3. The minimum Gasteiger partial charge on any atom is -0.483 e. The lowest BCUT2D eigenvalue weighted by atomic mass is 10.0. The van der Waals surface area contributed by atoms with Gasteiger partial charge in [-0.2, -0.15) is 10.2 Å². The van der Waals surface area contributed by atoms with E-state index in [4.69, 9.17) is 10.5 Å². The molecular formula is C23H20F3N7O3. The Bertz CT molecular complexity index is 1370. The third kappa shape index (κ3) is 4.34. The van der Waals surface area contributed by atoms with E-state index in [0.29, 0.717) is 17.7 Å². The van der Waals surface area contributed by atoms with Crippen LogP contribution in [0.1, 0.15) is 34.1 Å². The number of benzene rings is 1. The summed E-state index contributed by atoms with van der Waals surface area (Å²) in [4.78, 5) is 29.8. The Balaban J connectivity index is 1.24. The zero-order chi connectivity index (χ0) is 25.6. The Morgan fingerprint density at radius 3 is 2.50 bits per heavy atom. The third-order valence-electron chi connectivity index (χ3n) is 5.91. The first-order valence-corrected chi connectivity index (χ1v) is 10.9. The number of likely N-dealkylation sites (tertiary alicyclic amines) is 1. The molecule has 0 saturated carbocycles. The number of carbonyl (C=O) groups excluding carboxylic acids is 2. The summed E-state index contributed by atoms with van der Waals surface area (Å²) < 4.78 is 48.7. The van der Waals surface area contributed by atoms with Crippen molar-refractivity contribution in [2.45, 2.75) is 25.5 Å². The number of hydrogen-bond acceptors (Lipinski definition) is 6. The number of carbonyl (C=O) groups is 2. The minimum atomic E-state index is -0.739. The summed E-state index contributed by atoms with van der Waals surface area (Å²) in [5, 5.41) is 9.40. The molecule has 186 valence electrons. The van der Waals surface area contributed by atoms with Crippen LogP contribution in [0.4, 0.5) is 18.0 Å². The first-order valence-electron chi connectivity index (χ1n) is 10.9. The van der Waals surface area contributed by atoms with Crippen molar-refractivity contribution < 1.29 is 27.5 Å². The Morgan fingerprint density at radius 2 is 1.83 bits per heavy atom. The fourth-order valence-electron chi connectivity index (χ4n) is 4.08. The Kier molecular flexibility index (Phi) is 5.82. The fourth-order valence-corrected chi connectivity index (χ4v) is 4.08. The molecule has 36 heavy (non-hydrogen) atoms. The molecule has 10 nitrogen and oxygen atoms in total. The van der Waals surface area contributed by atoms with Crippen LogP contribution >= 0.6 is 0 Å². The van der Waals surface area contributed by atoms with Crippen molar-refractivity contribution in [2.75, 3.05) is 13.1 Å². The molecule has 2 N–H and O–H groups in total. The topological polar surface area (TPSA) is 119 Å². The van der Waals surface area contributed by atoms with Crippen molar-refractivity contribution in [3.8, 4) is 11.6 Å². The van der Waals surface area contributed by atoms with E-state index in [0.717, 1.165) is 12.3 Å². The summed E-state index contributed by atoms with van der Waals surface area (Å²) in [6, 6.07) is 3.34. The number of hydrogen-bond donors (Lipinski definition) is 1. The highest BCUT2D eigenvalue weighted by Crippen LogP contribution is 2.32. The van der Waals surface area contributed by atoms with Gasteiger partial charge in [-0.1, -0.05) is 0 Å². The maximum atomic E-state index is 14.4. The average Bonchev–Trinajstić information content (AvgIpc) is 3.43. The number of primary amides is 1. The van der Waals surface area contributed by atoms with Gasteiger partial charge in [0, 0.05) is 31.0 Å². The molecule has 3 amide bonds. The van der Waals surface area contributed by atoms with Gasteiger partial charge in [0.2, 0.25) is 0 Å². The summed E-state index contributed by atoms with van der Waals surface area (Å²) >= 11 is 0. The van der Waals surface area contributed by atoms with Crippen LogP contribution in [-0.4, -0.2) is 62.0 Å². The molecule has 2 aromatic heterocycles. The van der Waals surface area contributed by atoms with Crippen molar-refractivity contribution in [3.05, 3.63) is 70.9 Å². The smallest absolute Gasteiger partial charge is 0.341 e. The number of hydrazone groups is 1. The monoisotopic (exact) mass is 499 g/mol. The second-order valence-corrected chi connectivity index (χ2v) is 8.43. The van der Waals surface area contributed by atoms with Crippen molar-refractivity contribution >= 4 is 18.2 Å². The molecule has 2 aliphatic rings.